The summed E-state index contributed by atoms with van der Waals surface area (Å²) in [5.74, 6) is 1.31. The summed E-state index contributed by atoms with van der Waals surface area (Å²) in [6, 6.07) is 9.66. The molecule has 0 saturated heterocycles. The zero-order valence-electron chi connectivity index (χ0n) is 13.5. The lowest BCUT2D eigenvalue weighted by molar-refractivity contribution is 0.582. The summed E-state index contributed by atoms with van der Waals surface area (Å²) in [6.45, 7) is 4.31. The molecule has 0 bridgehead atoms. The molecule has 3 rings (SSSR count). The van der Waals surface area contributed by atoms with E-state index in [1.807, 2.05) is 37.3 Å². The number of benzene rings is 1. The molecule has 0 aliphatic rings. The molecule has 3 aromatic rings. The van der Waals surface area contributed by atoms with Crippen molar-refractivity contribution in [1.82, 2.24) is 29.9 Å². The fraction of sp³-hybridized carbons (Fsp3) is 0.333. The van der Waals surface area contributed by atoms with Crippen molar-refractivity contribution in [2.75, 3.05) is 0 Å². The lowest BCUT2D eigenvalue weighted by Crippen LogP contribution is -2.12. The van der Waals surface area contributed by atoms with Gasteiger partial charge in [0.25, 0.3) is 5.16 Å². The van der Waals surface area contributed by atoms with Crippen LogP contribution in [0.3, 0.4) is 0 Å². The minimum atomic E-state index is -3.68. The van der Waals surface area contributed by atoms with E-state index in [0.717, 1.165) is 5.56 Å². The maximum atomic E-state index is 12.5. The van der Waals surface area contributed by atoms with Crippen molar-refractivity contribution < 1.29 is 8.42 Å². The second-order valence-corrected chi connectivity index (χ2v) is 7.28. The average molecular weight is 346 g/mol. The molecule has 2 aromatic heterocycles. The fourth-order valence-electron chi connectivity index (χ4n) is 2.46. The standard InChI is InChI=1S/C15H18N6O2S/c1-3-21-11(2)17-19-14(21)10-24(22,23)15-16-13(18-20-15)9-12-7-5-4-6-8-12/h4-8H,3,9-10H2,1-2H3,(H,16,18,20). The zero-order chi connectivity index (χ0) is 17.2. The molecule has 0 atom stereocenters. The molecule has 2 heterocycles. The highest BCUT2D eigenvalue weighted by Crippen LogP contribution is 2.14. The second-order valence-electron chi connectivity index (χ2n) is 5.39. The molecule has 126 valence electrons. The van der Waals surface area contributed by atoms with Gasteiger partial charge < -0.3 is 4.57 Å². The van der Waals surface area contributed by atoms with Crippen molar-refractivity contribution in [3.8, 4) is 0 Å². The molecular formula is C15H18N6O2S. The number of rotatable bonds is 6. The van der Waals surface area contributed by atoms with Crippen LogP contribution in [0.1, 0.15) is 30.0 Å². The van der Waals surface area contributed by atoms with E-state index in [-0.39, 0.29) is 10.9 Å². The van der Waals surface area contributed by atoms with Crippen LogP contribution in [0.15, 0.2) is 35.5 Å². The van der Waals surface area contributed by atoms with Crippen LogP contribution in [0.4, 0.5) is 0 Å². The Morgan fingerprint density at radius 1 is 1.17 bits per heavy atom. The minimum absolute atomic E-state index is 0.211. The lowest BCUT2D eigenvalue weighted by Gasteiger charge is -2.04. The molecule has 0 fully saturated rings. The molecule has 1 N–H and O–H groups in total. The Kier molecular flexibility index (Phi) is 4.43. The number of nitrogens with zero attached hydrogens (tertiary/aromatic N) is 5. The quantitative estimate of drug-likeness (QED) is 0.721. The van der Waals surface area contributed by atoms with Crippen LogP contribution < -0.4 is 0 Å². The van der Waals surface area contributed by atoms with E-state index in [2.05, 4.69) is 25.4 Å². The second kappa shape index (κ2) is 6.52. The number of aromatic nitrogens is 6. The van der Waals surface area contributed by atoms with E-state index >= 15 is 0 Å². The average Bonchev–Trinajstić information content (AvgIpc) is 3.15. The monoisotopic (exact) mass is 346 g/mol. The van der Waals surface area contributed by atoms with Crippen LogP contribution in [-0.4, -0.2) is 38.4 Å². The summed E-state index contributed by atoms with van der Waals surface area (Å²) in [7, 11) is -3.68. The van der Waals surface area contributed by atoms with Gasteiger partial charge in [0.05, 0.1) is 0 Å². The molecule has 0 amide bonds. The normalized spacial score (nSPS) is 11.8. The summed E-state index contributed by atoms with van der Waals surface area (Å²) < 4.78 is 26.8. The molecular weight excluding hydrogens is 328 g/mol. The molecule has 0 spiro atoms. The van der Waals surface area contributed by atoms with Gasteiger partial charge in [-0.15, -0.1) is 15.3 Å². The fourth-order valence-corrected chi connectivity index (χ4v) is 3.58. The van der Waals surface area contributed by atoms with Crippen LogP contribution in [-0.2, 0) is 28.6 Å². The van der Waals surface area contributed by atoms with Gasteiger partial charge in [0, 0.05) is 13.0 Å². The number of nitrogens with one attached hydrogen (secondary N) is 1. The highest BCUT2D eigenvalue weighted by molar-refractivity contribution is 7.90. The van der Waals surface area contributed by atoms with Gasteiger partial charge in [-0.25, -0.2) is 13.4 Å². The molecule has 0 radical (unpaired) electrons. The highest BCUT2D eigenvalue weighted by atomic mass is 32.2. The first kappa shape index (κ1) is 16.3. The van der Waals surface area contributed by atoms with E-state index in [4.69, 9.17) is 0 Å². The Hall–Kier alpha value is -2.55. The van der Waals surface area contributed by atoms with Crippen molar-refractivity contribution in [2.45, 2.75) is 37.7 Å². The Morgan fingerprint density at radius 3 is 2.62 bits per heavy atom. The Balaban J connectivity index is 1.80. The van der Waals surface area contributed by atoms with Crippen molar-refractivity contribution in [2.24, 2.45) is 0 Å². The summed E-state index contributed by atoms with van der Waals surface area (Å²) in [5, 5.41) is 14.2. The van der Waals surface area contributed by atoms with Gasteiger partial charge >= 0.3 is 0 Å². The SMILES string of the molecule is CCn1c(C)nnc1CS(=O)(=O)c1n[nH]c(Cc2ccccc2)n1. The number of H-pyrrole nitrogens is 1. The summed E-state index contributed by atoms with van der Waals surface area (Å²) in [4.78, 5) is 4.12. The largest absolute Gasteiger partial charge is 0.315 e. The van der Waals surface area contributed by atoms with Gasteiger partial charge in [0.15, 0.2) is 0 Å². The minimum Gasteiger partial charge on any atom is -0.315 e. The predicted octanol–water partition coefficient (Wildman–Crippen LogP) is 1.29. The maximum absolute atomic E-state index is 12.5. The molecule has 0 aliphatic heterocycles. The maximum Gasteiger partial charge on any atom is 0.267 e. The Labute approximate surface area is 139 Å². The van der Waals surface area contributed by atoms with Crippen molar-refractivity contribution >= 4 is 9.84 Å². The van der Waals surface area contributed by atoms with Gasteiger partial charge in [-0.1, -0.05) is 30.3 Å². The third-order valence-corrected chi connectivity index (χ3v) is 5.03. The van der Waals surface area contributed by atoms with Crippen molar-refractivity contribution in [1.29, 1.82) is 0 Å². The van der Waals surface area contributed by atoms with Crippen LogP contribution >= 0.6 is 0 Å². The van der Waals surface area contributed by atoms with Crippen LogP contribution in [0.25, 0.3) is 0 Å². The van der Waals surface area contributed by atoms with E-state index < -0.39 is 9.84 Å². The van der Waals surface area contributed by atoms with Gasteiger partial charge in [-0.3, -0.25) is 5.10 Å². The van der Waals surface area contributed by atoms with Gasteiger partial charge in [-0.2, -0.15) is 0 Å². The summed E-state index contributed by atoms with van der Waals surface area (Å²) >= 11 is 0. The zero-order valence-corrected chi connectivity index (χ0v) is 14.3. The smallest absolute Gasteiger partial charge is 0.267 e. The molecule has 9 heteroatoms. The van der Waals surface area contributed by atoms with E-state index in [0.29, 0.717) is 30.4 Å². The molecule has 0 aliphatic carbocycles. The van der Waals surface area contributed by atoms with Gasteiger partial charge in [-0.05, 0) is 19.4 Å². The molecule has 24 heavy (non-hydrogen) atoms. The van der Waals surface area contributed by atoms with E-state index in [9.17, 15) is 8.42 Å². The van der Waals surface area contributed by atoms with Crippen molar-refractivity contribution in [3.63, 3.8) is 0 Å². The molecule has 0 saturated carbocycles. The van der Waals surface area contributed by atoms with Gasteiger partial charge in [0.1, 0.15) is 23.2 Å². The highest BCUT2D eigenvalue weighted by Gasteiger charge is 2.24. The lowest BCUT2D eigenvalue weighted by atomic mass is 10.1. The number of aromatic amines is 1. The van der Waals surface area contributed by atoms with Crippen LogP contribution in [0.2, 0.25) is 0 Å². The van der Waals surface area contributed by atoms with Crippen LogP contribution in [0, 0.1) is 6.92 Å². The van der Waals surface area contributed by atoms with Crippen LogP contribution in [0.5, 0.6) is 0 Å². The third kappa shape index (κ3) is 3.35. The van der Waals surface area contributed by atoms with Gasteiger partial charge in [0.2, 0.25) is 9.84 Å². The predicted molar refractivity (Wildman–Crippen MR) is 87.0 cm³/mol. The van der Waals surface area contributed by atoms with E-state index in [1.165, 1.54) is 0 Å². The first-order valence-electron chi connectivity index (χ1n) is 7.56. The van der Waals surface area contributed by atoms with Crippen molar-refractivity contribution in [3.05, 3.63) is 53.4 Å². The molecule has 0 unspecified atom stereocenters. The first-order valence-corrected chi connectivity index (χ1v) is 9.21. The third-order valence-electron chi connectivity index (χ3n) is 3.65. The number of hydrogen-bond acceptors (Lipinski definition) is 6. The summed E-state index contributed by atoms with van der Waals surface area (Å²) in [6.07, 6.45) is 0.494. The summed E-state index contributed by atoms with van der Waals surface area (Å²) in [5.41, 5.74) is 1.03. The number of sulfone groups is 1. The Bertz CT molecular complexity index is 930. The Morgan fingerprint density at radius 2 is 1.92 bits per heavy atom. The molecule has 1 aromatic carbocycles. The van der Waals surface area contributed by atoms with E-state index in [1.54, 1.807) is 11.5 Å². The topological polar surface area (TPSA) is 106 Å². The number of hydrogen-bond donors (Lipinski definition) is 1. The first-order chi connectivity index (χ1) is 11.5. The number of aryl methyl sites for hydroxylation is 1. The molecule has 8 nitrogen and oxygen atoms in total.